The first-order valence-corrected chi connectivity index (χ1v) is 7.43. The van der Waals surface area contributed by atoms with E-state index in [1.165, 1.54) is 31.4 Å². The molecule has 112 valence electrons. The molecule has 3 heteroatoms. The van der Waals surface area contributed by atoms with Crippen LogP contribution in [-0.2, 0) is 6.42 Å². The Morgan fingerprint density at radius 1 is 0.952 bits per heavy atom. The molecule has 0 bridgehead atoms. The third-order valence-corrected chi connectivity index (χ3v) is 3.83. The first-order valence-electron chi connectivity index (χ1n) is 7.43. The molecule has 3 rings (SSSR count). The van der Waals surface area contributed by atoms with E-state index in [1.54, 1.807) is 0 Å². The van der Waals surface area contributed by atoms with Crippen LogP contribution in [0, 0.1) is 5.92 Å². The summed E-state index contributed by atoms with van der Waals surface area (Å²) in [5.41, 5.74) is 1.40. The maximum Gasteiger partial charge on any atom is 0.127 e. The van der Waals surface area contributed by atoms with Crippen LogP contribution < -0.4 is 10.1 Å². The van der Waals surface area contributed by atoms with Crippen LogP contribution in [0.4, 0.5) is 0 Å². The molecular formula is C18H22ClNO. The maximum absolute atomic E-state index is 5.81. The molecule has 1 aliphatic heterocycles. The Kier molecular flexibility index (Phi) is 6.09. The normalized spacial score (nSPS) is 17.8. The van der Waals surface area contributed by atoms with Gasteiger partial charge in [-0.1, -0.05) is 30.3 Å². The molecule has 0 amide bonds. The number of halogens is 1. The van der Waals surface area contributed by atoms with Crippen molar-refractivity contribution in [3.05, 3.63) is 60.2 Å². The zero-order chi connectivity index (χ0) is 13.6. The van der Waals surface area contributed by atoms with E-state index < -0.39 is 0 Å². The molecular weight excluding hydrogens is 282 g/mol. The molecule has 0 aromatic heterocycles. The van der Waals surface area contributed by atoms with Crippen molar-refractivity contribution in [2.75, 3.05) is 13.1 Å². The molecule has 21 heavy (non-hydrogen) atoms. The summed E-state index contributed by atoms with van der Waals surface area (Å²) in [5, 5.41) is 3.47. The van der Waals surface area contributed by atoms with Gasteiger partial charge >= 0.3 is 0 Å². The molecule has 1 saturated heterocycles. The van der Waals surface area contributed by atoms with E-state index in [0.717, 1.165) is 24.0 Å². The van der Waals surface area contributed by atoms with Gasteiger partial charge in [-0.05, 0) is 68.1 Å². The molecule has 2 aromatic carbocycles. The molecule has 2 nitrogen and oxygen atoms in total. The van der Waals surface area contributed by atoms with Gasteiger partial charge in [0.15, 0.2) is 0 Å². The van der Waals surface area contributed by atoms with Crippen LogP contribution in [-0.4, -0.2) is 13.1 Å². The number of ether oxygens (including phenoxy) is 1. The third kappa shape index (κ3) is 4.76. The Morgan fingerprint density at radius 2 is 1.67 bits per heavy atom. The summed E-state index contributed by atoms with van der Waals surface area (Å²) < 4.78 is 5.81. The van der Waals surface area contributed by atoms with E-state index in [4.69, 9.17) is 4.74 Å². The molecule has 0 aliphatic carbocycles. The van der Waals surface area contributed by atoms with Gasteiger partial charge in [-0.3, -0.25) is 0 Å². The number of rotatable bonds is 4. The predicted molar refractivity (Wildman–Crippen MR) is 89.5 cm³/mol. The van der Waals surface area contributed by atoms with Gasteiger partial charge in [-0.25, -0.2) is 0 Å². The molecule has 1 atom stereocenters. The van der Waals surface area contributed by atoms with Gasteiger partial charge in [0.25, 0.3) is 0 Å². The van der Waals surface area contributed by atoms with Crippen LogP contribution >= 0.6 is 12.4 Å². The Morgan fingerprint density at radius 3 is 2.33 bits per heavy atom. The Hall–Kier alpha value is -1.51. The van der Waals surface area contributed by atoms with Gasteiger partial charge in [0.1, 0.15) is 11.5 Å². The highest BCUT2D eigenvalue weighted by molar-refractivity contribution is 5.85. The van der Waals surface area contributed by atoms with Crippen molar-refractivity contribution in [3.8, 4) is 11.5 Å². The highest BCUT2D eigenvalue weighted by atomic mass is 35.5. The fraction of sp³-hybridized carbons (Fsp3) is 0.333. The number of para-hydroxylation sites is 1. The van der Waals surface area contributed by atoms with Crippen molar-refractivity contribution in [1.82, 2.24) is 5.32 Å². The predicted octanol–water partition coefficient (Wildman–Crippen LogP) is 4.44. The monoisotopic (exact) mass is 303 g/mol. The van der Waals surface area contributed by atoms with Crippen LogP contribution in [0.15, 0.2) is 54.6 Å². The molecule has 1 heterocycles. The largest absolute Gasteiger partial charge is 0.457 e. The molecule has 1 aliphatic rings. The van der Waals surface area contributed by atoms with Crippen molar-refractivity contribution < 1.29 is 4.74 Å². The summed E-state index contributed by atoms with van der Waals surface area (Å²) in [6, 6.07) is 18.4. The zero-order valence-electron chi connectivity index (χ0n) is 12.1. The SMILES string of the molecule is Cl.c1ccc(Oc2ccc(CC3CCCNC3)cc2)cc1. The number of hydrogen-bond donors (Lipinski definition) is 1. The molecule has 1 unspecified atom stereocenters. The average Bonchev–Trinajstić information content (AvgIpc) is 2.51. The second-order valence-corrected chi connectivity index (χ2v) is 5.48. The van der Waals surface area contributed by atoms with Crippen LogP contribution in [0.1, 0.15) is 18.4 Å². The number of benzene rings is 2. The van der Waals surface area contributed by atoms with Crippen LogP contribution in [0.25, 0.3) is 0 Å². The molecule has 1 N–H and O–H groups in total. The number of piperidine rings is 1. The molecule has 2 aromatic rings. The van der Waals surface area contributed by atoms with Crippen molar-refractivity contribution in [2.24, 2.45) is 5.92 Å². The maximum atomic E-state index is 5.81. The highest BCUT2D eigenvalue weighted by Gasteiger charge is 2.13. The van der Waals surface area contributed by atoms with Crippen LogP contribution in [0.2, 0.25) is 0 Å². The first kappa shape index (κ1) is 15.9. The lowest BCUT2D eigenvalue weighted by Crippen LogP contribution is -2.30. The Balaban J connectivity index is 0.00000161. The van der Waals surface area contributed by atoms with Crippen LogP contribution in [0.3, 0.4) is 0 Å². The molecule has 0 saturated carbocycles. The first-order chi connectivity index (χ1) is 9.90. The standard InChI is InChI=1S/C18H21NO.ClH/c1-2-6-17(7-3-1)20-18-10-8-15(9-11-18)13-16-5-4-12-19-14-16;/h1-3,6-11,16,19H,4-5,12-14H2;1H. The van der Waals surface area contributed by atoms with Crippen LogP contribution in [0.5, 0.6) is 11.5 Å². The fourth-order valence-corrected chi connectivity index (χ4v) is 2.75. The van der Waals surface area contributed by atoms with E-state index in [-0.39, 0.29) is 12.4 Å². The zero-order valence-corrected chi connectivity index (χ0v) is 12.9. The smallest absolute Gasteiger partial charge is 0.127 e. The lowest BCUT2D eigenvalue weighted by atomic mass is 9.92. The molecule has 1 fully saturated rings. The highest BCUT2D eigenvalue weighted by Crippen LogP contribution is 2.23. The lowest BCUT2D eigenvalue weighted by Gasteiger charge is -2.22. The minimum absolute atomic E-state index is 0. The topological polar surface area (TPSA) is 21.3 Å². The Labute approximate surface area is 132 Å². The van der Waals surface area contributed by atoms with Crippen molar-refractivity contribution in [3.63, 3.8) is 0 Å². The minimum Gasteiger partial charge on any atom is -0.457 e. The summed E-state index contributed by atoms with van der Waals surface area (Å²) in [5.74, 6) is 2.57. The van der Waals surface area contributed by atoms with Crippen molar-refractivity contribution >= 4 is 12.4 Å². The molecule has 0 spiro atoms. The lowest BCUT2D eigenvalue weighted by molar-refractivity contribution is 0.376. The van der Waals surface area contributed by atoms with Gasteiger partial charge in [-0.2, -0.15) is 0 Å². The van der Waals surface area contributed by atoms with Gasteiger partial charge in [-0.15, -0.1) is 12.4 Å². The number of hydrogen-bond acceptors (Lipinski definition) is 2. The summed E-state index contributed by atoms with van der Waals surface area (Å²) in [6.45, 7) is 2.34. The summed E-state index contributed by atoms with van der Waals surface area (Å²) in [4.78, 5) is 0. The van der Waals surface area contributed by atoms with E-state index >= 15 is 0 Å². The Bertz CT molecular complexity index is 521. The minimum atomic E-state index is 0. The van der Waals surface area contributed by atoms with E-state index in [1.807, 2.05) is 30.3 Å². The van der Waals surface area contributed by atoms with Crippen molar-refractivity contribution in [2.45, 2.75) is 19.3 Å². The van der Waals surface area contributed by atoms with Crippen molar-refractivity contribution in [1.29, 1.82) is 0 Å². The van der Waals surface area contributed by atoms with E-state index in [9.17, 15) is 0 Å². The summed E-state index contributed by atoms with van der Waals surface area (Å²) in [7, 11) is 0. The fourth-order valence-electron chi connectivity index (χ4n) is 2.75. The second kappa shape index (κ2) is 8.06. The summed E-state index contributed by atoms with van der Waals surface area (Å²) >= 11 is 0. The van der Waals surface area contributed by atoms with E-state index in [2.05, 4.69) is 29.6 Å². The second-order valence-electron chi connectivity index (χ2n) is 5.48. The summed E-state index contributed by atoms with van der Waals surface area (Å²) in [6.07, 6.45) is 3.81. The average molecular weight is 304 g/mol. The van der Waals surface area contributed by atoms with Gasteiger partial charge < -0.3 is 10.1 Å². The number of nitrogens with one attached hydrogen (secondary N) is 1. The third-order valence-electron chi connectivity index (χ3n) is 3.83. The van der Waals surface area contributed by atoms with E-state index in [0.29, 0.717) is 0 Å². The quantitative estimate of drug-likeness (QED) is 0.901. The van der Waals surface area contributed by atoms with Gasteiger partial charge in [0, 0.05) is 0 Å². The van der Waals surface area contributed by atoms with Gasteiger partial charge in [0.05, 0.1) is 0 Å². The van der Waals surface area contributed by atoms with Gasteiger partial charge in [0.2, 0.25) is 0 Å². The molecule has 0 radical (unpaired) electrons.